The van der Waals surface area contributed by atoms with E-state index in [-0.39, 0.29) is 5.41 Å². The Bertz CT molecular complexity index is 156. The Kier molecular flexibility index (Phi) is 2.01. The minimum Gasteiger partial charge on any atom is -0.389 e. The van der Waals surface area contributed by atoms with E-state index in [2.05, 4.69) is 6.92 Å². The first-order valence-corrected chi connectivity index (χ1v) is 4.36. The third-order valence-electron chi connectivity index (χ3n) is 3.46. The van der Waals surface area contributed by atoms with E-state index in [1.54, 1.807) is 0 Å². The van der Waals surface area contributed by atoms with Crippen molar-refractivity contribution in [1.82, 2.24) is 0 Å². The summed E-state index contributed by atoms with van der Waals surface area (Å²) in [5.74, 6) is 0.418. The average Bonchev–Trinajstić information content (AvgIpc) is 2.00. The van der Waals surface area contributed by atoms with Gasteiger partial charge in [-0.15, -0.1) is 0 Å². The SMILES string of the molecule is CC1CCC1(O)C(C)(C)CN. The molecule has 0 saturated heterocycles. The van der Waals surface area contributed by atoms with Crippen LogP contribution in [0.5, 0.6) is 0 Å². The lowest BCUT2D eigenvalue weighted by Crippen LogP contribution is -2.58. The van der Waals surface area contributed by atoms with Crippen LogP contribution in [0.3, 0.4) is 0 Å². The van der Waals surface area contributed by atoms with Gasteiger partial charge in [-0.25, -0.2) is 0 Å². The van der Waals surface area contributed by atoms with Gasteiger partial charge in [0.1, 0.15) is 0 Å². The Balaban J connectivity index is 2.72. The molecule has 0 radical (unpaired) electrons. The van der Waals surface area contributed by atoms with E-state index in [1.807, 2.05) is 13.8 Å². The molecule has 1 rings (SSSR count). The summed E-state index contributed by atoms with van der Waals surface area (Å²) in [7, 11) is 0. The van der Waals surface area contributed by atoms with Crippen LogP contribution in [-0.4, -0.2) is 17.3 Å². The zero-order chi connectivity index (χ0) is 8.70. The van der Waals surface area contributed by atoms with Crippen molar-refractivity contribution in [2.45, 2.75) is 39.2 Å². The fraction of sp³-hybridized carbons (Fsp3) is 1.00. The molecule has 2 heteroatoms. The highest BCUT2D eigenvalue weighted by Gasteiger charge is 2.52. The minimum absolute atomic E-state index is 0.120. The standard InChI is InChI=1S/C9H19NO/c1-7-4-5-9(7,11)8(2,3)6-10/h7,11H,4-6,10H2,1-3H3. The topological polar surface area (TPSA) is 46.2 Å². The molecule has 0 spiro atoms. The van der Waals surface area contributed by atoms with E-state index in [0.717, 1.165) is 12.8 Å². The molecule has 11 heavy (non-hydrogen) atoms. The fourth-order valence-corrected chi connectivity index (χ4v) is 1.89. The monoisotopic (exact) mass is 157 g/mol. The van der Waals surface area contributed by atoms with Crippen molar-refractivity contribution in [3.05, 3.63) is 0 Å². The Morgan fingerprint density at radius 2 is 2.18 bits per heavy atom. The molecule has 1 aliphatic rings. The van der Waals surface area contributed by atoms with Gasteiger partial charge in [0.05, 0.1) is 5.60 Å². The average molecular weight is 157 g/mol. The van der Waals surface area contributed by atoms with Crippen molar-refractivity contribution in [3.8, 4) is 0 Å². The first-order chi connectivity index (χ1) is 4.94. The highest BCUT2D eigenvalue weighted by Crippen LogP contribution is 2.49. The van der Waals surface area contributed by atoms with Crippen LogP contribution in [0.2, 0.25) is 0 Å². The van der Waals surface area contributed by atoms with Crippen LogP contribution in [0.25, 0.3) is 0 Å². The largest absolute Gasteiger partial charge is 0.389 e. The maximum absolute atomic E-state index is 10.1. The molecule has 0 heterocycles. The molecule has 0 bridgehead atoms. The van der Waals surface area contributed by atoms with Crippen molar-refractivity contribution >= 4 is 0 Å². The molecule has 3 N–H and O–H groups in total. The van der Waals surface area contributed by atoms with E-state index in [4.69, 9.17) is 5.73 Å². The third-order valence-corrected chi connectivity index (χ3v) is 3.46. The second-order valence-corrected chi connectivity index (χ2v) is 4.45. The van der Waals surface area contributed by atoms with E-state index >= 15 is 0 Å². The van der Waals surface area contributed by atoms with Gasteiger partial charge < -0.3 is 10.8 Å². The van der Waals surface area contributed by atoms with Gasteiger partial charge in [-0.05, 0) is 18.8 Å². The van der Waals surface area contributed by atoms with Crippen LogP contribution in [0.1, 0.15) is 33.6 Å². The van der Waals surface area contributed by atoms with Gasteiger partial charge in [0, 0.05) is 12.0 Å². The molecular formula is C9H19NO. The van der Waals surface area contributed by atoms with Crippen LogP contribution in [-0.2, 0) is 0 Å². The molecule has 2 nitrogen and oxygen atoms in total. The molecule has 2 atom stereocenters. The van der Waals surface area contributed by atoms with Gasteiger partial charge in [0.25, 0.3) is 0 Å². The summed E-state index contributed by atoms with van der Waals surface area (Å²) in [6.07, 6.45) is 2.05. The van der Waals surface area contributed by atoms with E-state index in [1.165, 1.54) is 0 Å². The molecule has 66 valence electrons. The summed E-state index contributed by atoms with van der Waals surface area (Å²) >= 11 is 0. The van der Waals surface area contributed by atoms with Gasteiger partial charge in [-0.3, -0.25) is 0 Å². The summed E-state index contributed by atoms with van der Waals surface area (Å²) in [6, 6.07) is 0. The summed E-state index contributed by atoms with van der Waals surface area (Å²) in [5, 5.41) is 10.1. The predicted octanol–water partition coefficient (Wildman–Crippen LogP) is 1.13. The van der Waals surface area contributed by atoms with Gasteiger partial charge in [-0.2, -0.15) is 0 Å². The van der Waals surface area contributed by atoms with Gasteiger partial charge in [0.15, 0.2) is 0 Å². The molecular weight excluding hydrogens is 138 g/mol. The van der Waals surface area contributed by atoms with E-state index < -0.39 is 5.60 Å². The zero-order valence-corrected chi connectivity index (χ0v) is 7.72. The number of aliphatic hydroxyl groups is 1. The van der Waals surface area contributed by atoms with Gasteiger partial charge in [-0.1, -0.05) is 20.8 Å². The van der Waals surface area contributed by atoms with Crippen molar-refractivity contribution in [1.29, 1.82) is 0 Å². The maximum atomic E-state index is 10.1. The molecule has 0 aromatic heterocycles. The van der Waals surface area contributed by atoms with Crippen molar-refractivity contribution in [2.24, 2.45) is 17.1 Å². The Labute approximate surface area is 68.8 Å². The van der Waals surface area contributed by atoms with Crippen LogP contribution >= 0.6 is 0 Å². The zero-order valence-electron chi connectivity index (χ0n) is 7.72. The molecule has 2 unspecified atom stereocenters. The highest BCUT2D eigenvalue weighted by molar-refractivity contribution is 5.03. The third kappa shape index (κ3) is 1.09. The van der Waals surface area contributed by atoms with Crippen LogP contribution < -0.4 is 5.73 Å². The molecule has 0 amide bonds. The molecule has 0 aromatic carbocycles. The van der Waals surface area contributed by atoms with E-state index in [0.29, 0.717) is 12.5 Å². The van der Waals surface area contributed by atoms with Crippen molar-refractivity contribution < 1.29 is 5.11 Å². The molecule has 1 aliphatic carbocycles. The number of hydrogen-bond acceptors (Lipinski definition) is 2. The number of nitrogens with two attached hydrogens (primary N) is 1. The summed E-state index contributed by atoms with van der Waals surface area (Å²) in [5.41, 5.74) is 4.99. The minimum atomic E-state index is -0.498. The molecule has 1 saturated carbocycles. The molecule has 1 fully saturated rings. The Morgan fingerprint density at radius 3 is 2.27 bits per heavy atom. The first kappa shape index (κ1) is 9.01. The first-order valence-electron chi connectivity index (χ1n) is 4.36. The van der Waals surface area contributed by atoms with E-state index in [9.17, 15) is 5.11 Å². The smallest absolute Gasteiger partial charge is 0.0735 e. The summed E-state index contributed by atoms with van der Waals surface area (Å²) in [6.45, 7) is 6.75. The Morgan fingerprint density at radius 1 is 1.64 bits per heavy atom. The lowest BCUT2D eigenvalue weighted by Gasteiger charge is -2.53. The number of hydrogen-bond donors (Lipinski definition) is 2. The summed E-state index contributed by atoms with van der Waals surface area (Å²) in [4.78, 5) is 0. The van der Waals surface area contributed by atoms with Gasteiger partial charge >= 0.3 is 0 Å². The molecule has 0 aliphatic heterocycles. The second-order valence-electron chi connectivity index (χ2n) is 4.45. The number of rotatable bonds is 2. The predicted molar refractivity (Wildman–Crippen MR) is 46.2 cm³/mol. The van der Waals surface area contributed by atoms with Crippen LogP contribution in [0, 0.1) is 11.3 Å². The van der Waals surface area contributed by atoms with Crippen LogP contribution in [0.4, 0.5) is 0 Å². The van der Waals surface area contributed by atoms with Crippen LogP contribution in [0.15, 0.2) is 0 Å². The quantitative estimate of drug-likeness (QED) is 0.631. The van der Waals surface area contributed by atoms with Crippen molar-refractivity contribution in [2.75, 3.05) is 6.54 Å². The maximum Gasteiger partial charge on any atom is 0.0735 e. The lowest BCUT2D eigenvalue weighted by molar-refractivity contribution is -0.163. The van der Waals surface area contributed by atoms with Gasteiger partial charge in [0.2, 0.25) is 0 Å². The fourth-order valence-electron chi connectivity index (χ4n) is 1.89. The normalized spacial score (nSPS) is 38.5. The Hall–Kier alpha value is -0.0800. The summed E-state index contributed by atoms with van der Waals surface area (Å²) < 4.78 is 0. The second kappa shape index (κ2) is 2.46. The highest BCUT2D eigenvalue weighted by atomic mass is 16.3. The molecule has 0 aromatic rings. The lowest BCUT2D eigenvalue weighted by atomic mass is 9.57. The van der Waals surface area contributed by atoms with Crippen molar-refractivity contribution in [3.63, 3.8) is 0 Å².